The van der Waals surface area contributed by atoms with Gasteiger partial charge in [-0.3, -0.25) is 4.79 Å². The van der Waals surface area contributed by atoms with Gasteiger partial charge >= 0.3 is 0 Å². The monoisotopic (exact) mass is 346 g/mol. The molecular weight excluding hydrogens is 340 g/mol. The van der Waals surface area contributed by atoms with Gasteiger partial charge in [0.1, 0.15) is 0 Å². The summed E-state index contributed by atoms with van der Waals surface area (Å²) in [6.07, 6.45) is 0. The summed E-state index contributed by atoms with van der Waals surface area (Å²) in [4.78, 5) is 14.3. The molecular formula is C9H8Br2N4O. The molecule has 1 amide bonds. The molecule has 16 heavy (non-hydrogen) atoms. The minimum Gasteiger partial charge on any atom is -0.352 e. The van der Waals surface area contributed by atoms with Gasteiger partial charge < -0.3 is 5.32 Å². The van der Waals surface area contributed by atoms with Crippen molar-refractivity contribution in [1.82, 2.24) is 5.32 Å². The summed E-state index contributed by atoms with van der Waals surface area (Å²) in [6.45, 7) is 0.565. The van der Waals surface area contributed by atoms with Crippen molar-refractivity contribution in [3.8, 4) is 0 Å². The Labute approximate surface area is 109 Å². The fourth-order valence-electron chi connectivity index (χ4n) is 1.03. The van der Waals surface area contributed by atoms with Gasteiger partial charge in [0.2, 0.25) is 0 Å². The highest BCUT2D eigenvalue weighted by atomic mass is 79.9. The van der Waals surface area contributed by atoms with Crippen molar-refractivity contribution in [3.05, 3.63) is 43.2 Å². The van der Waals surface area contributed by atoms with E-state index in [9.17, 15) is 4.79 Å². The highest BCUT2D eigenvalue weighted by Gasteiger charge is 2.09. The van der Waals surface area contributed by atoms with Crippen LogP contribution in [0.4, 0.5) is 0 Å². The van der Waals surface area contributed by atoms with Crippen LogP contribution in [0.2, 0.25) is 0 Å². The highest BCUT2D eigenvalue weighted by molar-refractivity contribution is 9.11. The molecule has 7 heteroatoms. The summed E-state index contributed by atoms with van der Waals surface area (Å²) in [7, 11) is 0. The van der Waals surface area contributed by atoms with Crippen LogP contribution in [0.1, 0.15) is 10.4 Å². The zero-order valence-corrected chi connectivity index (χ0v) is 11.3. The largest absolute Gasteiger partial charge is 0.352 e. The predicted molar refractivity (Wildman–Crippen MR) is 68.2 cm³/mol. The lowest BCUT2D eigenvalue weighted by Gasteiger charge is -2.05. The molecule has 1 aromatic rings. The van der Waals surface area contributed by atoms with Crippen molar-refractivity contribution in [3.63, 3.8) is 0 Å². The first-order chi connectivity index (χ1) is 7.65. The number of carbonyl (C=O) groups is 1. The molecule has 1 aromatic carbocycles. The molecule has 0 spiro atoms. The zero-order chi connectivity index (χ0) is 12.0. The molecule has 0 unspecified atom stereocenters. The number of rotatable bonds is 4. The summed E-state index contributed by atoms with van der Waals surface area (Å²) in [5.74, 6) is -0.207. The van der Waals surface area contributed by atoms with Gasteiger partial charge in [0.05, 0.1) is 5.56 Å². The molecule has 0 atom stereocenters. The van der Waals surface area contributed by atoms with E-state index in [1.165, 1.54) is 0 Å². The van der Waals surface area contributed by atoms with Crippen LogP contribution in [0.25, 0.3) is 10.4 Å². The highest BCUT2D eigenvalue weighted by Crippen LogP contribution is 2.21. The van der Waals surface area contributed by atoms with Gasteiger partial charge in [-0.05, 0) is 39.7 Å². The number of nitrogens with one attached hydrogen (secondary N) is 1. The number of nitrogens with zero attached hydrogens (tertiary/aromatic N) is 3. The maximum atomic E-state index is 11.7. The molecule has 0 fully saturated rings. The Balaban J connectivity index is 2.65. The van der Waals surface area contributed by atoms with Crippen molar-refractivity contribution in [2.45, 2.75) is 0 Å². The fourth-order valence-corrected chi connectivity index (χ4v) is 1.82. The van der Waals surface area contributed by atoms with Crippen LogP contribution in [-0.2, 0) is 0 Å². The molecule has 0 aliphatic carbocycles. The first-order valence-corrected chi connectivity index (χ1v) is 5.98. The molecule has 0 aliphatic rings. The van der Waals surface area contributed by atoms with Crippen molar-refractivity contribution in [1.29, 1.82) is 0 Å². The average Bonchev–Trinajstić information content (AvgIpc) is 2.27. The summed E-state index contributed by atoms with van der Waals surface area (Å²) >= 11 is 6.58. The van der Waals surface area contributed by atoms with E-state index < -0.39 is 0 Å². The van der Waals surface area contributed by atoms with Crippen molar-refractivity contribution in [2.24, 2.45) is 5.11 Å². The van der Waals surface area contributed by atoms with Crippen LogP contribution in [-0.4, -0.2) is 19.0 Å². The number of hydrogen-bond acceptors (Lipinski definition) is 2. The van der Waals surface area contributed by atoms with E-state index in [0.29, 0.717) is 12.1 Å². The van der Waals surface area contributed by atoms with Crippen LogP contribution in [0.15, 0.2) is 32.3 Å². The lowest BCUT2D eigenvalue weighted by Crippen LogP contribution is -2.26. The lowest BCUT2D eigenvalue weighted by atomic mass is 10.2. The molecule has 0 aromatic heterocycles. The molecule has 1 N–H and O–H groups in total. The number of carbonyl (C=O) groups excluding carboxylic acids is 1. The van der Waals surface area contributed by atoms with Crippen LogP contribution in [0, 0.1) is 0 Å². The second-order valence-corrected chi connectivity index (χ2v) is 4.60. The summed E-state index contributed by atoms with van der Waals surface area (Å²) in [5, 5.41) is 5.97. The maximum absolute atomic E-state index is 11.7. The van der Waals surface area contributed by atoms with Crippen LogP contribution in [0.3, 0.4) is 0 Å². The molecule has 0 radical (unpaired) electrons. The fraction of sp³-hybridized carbons (Fsp3) is 0.222. The third-order valence-corrected chi connectivity index (χ3v) is 2.92. The molecule has 84 valence electrons. The SMILES string of the molecule is [N-]=[N+]=NCCNC(=O)c1cc(Br)ccc1Br. The van der Waals surface area contributed by atoms with E-state index in [0.717, 1.165) is 8.95 Å². The first kappa shape index (κ1) is 13.0. The van der Waals surface area contributed by atoms with E-state index in [1.807, 2.05) is 6.07 Å². The second kappa shape index (κ2) is 6.52. The van der Waals surface area contributed by atoms with Crippen molar-refractivity contribution >= 4 is 37.8 Å². The summed E-state index contributed by atoms with van der Waals surface area (Å²) in [5.41, 5.74) is 8.60. The molecule has 0 saturated heterocycles. The maximum Gasteiger partial charge on any atom is 0.252 e. The van der Waals surface area contributed by atoms with Gasteiger partial charge in [0.25, 0.3) is 5.91 Å². The number of benzene rings is 1. The smallest absolute Gasteiger partial charge is 0.252 e. The molecule has 1 rings (SSSR count). The van der Waals surface area contributed by atoms with Gasteiger partial charge in [-0.25, -0.2) is 0 Å². The van der Waals surface area contributed by atoms with E-state index in [1.54, 1.807) is 12.1 Å². The van der Waals surface area contributed by atoms with Gasteiger partial charge in [0.15, 0.2) is 0 Å². The Morgan fingerprint density at radius 2 is 2.25 bits per heavy atom. The van der Waals surface area contributed by atoms with Crippen LogP contribution in [0.5, 0.6) is 0 Å². The van der Waals surface area contributed by atoms with Gasteiger partial charge in [0, 0.05) is 26.9 Å². The Hall–Kier alpha value is -1.04. The van der Waals surface area contributed by atoms with Gasteiger partial charge in [-0.2, -0.15) is 0 Å². The molecule has 0 aliphatic heterocycles. The number of hydrogen-bond donors (Lipinski definition) is 1. The van der Waals surface area contributed by atoms with Crippen LogP contribution >= 0.6 is 31.9 Å². The molecule has 0 bridgehead atoms. The van der Waals surface area contributed by atoms with E-state index in [-0.39, 0.29) is 12.5 Å². The number of azide groups is 1. The zero-order valence-electron chi connectivity index (χ0n) is 8.15. The Kier molecular flexibility index (Phi) is 5.31. The number of halogens is 2. The van der Waals surface area contributed by atoms with Crippen molar-refractivity contribution < 1.29 is 4.79 Å². The minimum absolute atomic E-state index is 0.207. The standard InChI is InChI=1S/C9H8Br2N4O/c10-6-1-2-8(11)7(5-6)9(16)13-3-4-14-15-12/h1-2,5H,3-4H2,(H,13,16). The first-order valence-electron chi connectivity index (χ1n) is 4.39. The Bertz CT molecular complexity index is 443. The van der Waals surface area contributed by atoms with E-state index in [4.69, 9.17) is 5.53 Å². The third-order valence-electron chi connectivity index (χ3n) is 1.73. The topological polar surface area (TPSA) is 77.9 Å². The summed E-state index contributed by atoms with van der Waals surface area (Å²) in [6, 6.07) is 5.33. The Morgan fingerprint density at radius 1 is 1.50 bits per heavy atom. The summed E-state index contributed by atoms with van der Waals surface area (Å²) < 4.78 is 1.55. The lowest BCUT2D eigenvalue weighted by molar-refractivity contribution is 0.0954. The second-order valence-electron chi connectivity index (χ2n) is 2.83. The molecule has 0 saturated carbocycles. The van der Waals surface area contributed by atoms with Crippen molar-refractivity contribution in [2.75, 3.05) is 13.1 Å². The normalized spacial score (nSPS) is 9.38. The predicted octanol–water partition coefficient (Wildman–Crippen LogP) is 3.25. The van der Waals surface area contributed by atoms with Crippen LogP contribution < -0.4 is 5.32 Å². The number of amides is 1. The molecule has 5 nitrogen and oxygen atoms in total. The van der Waals surface area contributed by atoms with Gasteiger partial charge in [-0.15, -0.1) is 0 Å². The van der Waals surface area contributed by atoms with E-state index in [2.05, 4.69) is 47.2 Å². The molecule has 0 heterocycles. The Morgan fingerprint density at radius 3 is 2.94 bits per heavy atom. The van der Waals surface area contributed by atoms with Gasteiger partial charge in [-0.1, -0.05) is 21.0 Å². The third kappa shape index (κ3) is 3.84. The van der Waals surface area contributed by atoms with E-state index >= 15 is 0 Å². The average molecular weight is 348 g/mol. The minimum atomic E-state index is -0.207. The quantitative estimate of drug-likeness (QED) is 0.386.